The molecule has 0 atom stereocenters. The lowest BCUT2D eigenvalue weighted by Gasteiger charge is -2.34. The Kier molecular flexibility index (Phi) is 5.62. The molecule has 8 nitrogen and oxygen atoms in total. The van der Waals surface area contributed by atoms with Gasteiger partial charge >= 0.3 is 5.63 Å². The van der Waals surface area contributed by atoms with Crippen LogP contribution in [0.4, 0.5) is 0 Å². The van der Waals surface area contributed by atoms with Crippen molar-refractivity contribution in [3.05, 3.63) is 70.1 Å². The van der Waals surface area contributed by atoms with Crippen molar-refractivity contribution in [2.24, 2.45) is 0 Å². The van der Waals surface area contributed by atoms with Gasteiger partial charge < -0.3 is 23.7 Å². The molecule has 0 N–H and O–H groups in total. The van der Waals surface area contributed by atoms with Gasteiger partial charge in [-0.1, -0.05) is 18.2 Å². The molecule has 8 heteroatoms. The molecule has 0 unspecified atom stereocenters. The van der Waals surface area contributed by atoms with E-state index in [1.54, 1.807) is 59.4 Å². The Hall–Kier alpha value is -3.81. The molecule has 0 spiro atoms. The van der Waals surface area contributed by atoms with Crippen LogP contribution < -0.4 is 15.1 Å². The monoisotopic (exact) mass is 422 g/mol. The van der Waals surface area contributed by atoms with E-state index in [4.69, 9.17) is 13.9 Å². The summed E-state index contributed by atoms with van der Waals surface area (Å²) >= 11 is 0. The molecule has 1 aromatic heterocycles. The van der Waals surface area contributed by atoms with Crippen LogP contribution in [0, 0.1) is 0 Å². The predicted octanol–water partition coefficient (Wildman–Crippen LogP) is 2.41. The van der Waals surface area contributed by atoms with E-state index >= 15 is 0 Å². The average molecular weight is 422 g/mol. The maximum Gasteiger partial charge on any atom is 0.349 e. The second-order valence-corrected chi connectivity index (χ2v) is 7.14. The number of amides is 2. The van der Waals surface area contributed by atoms with Crippen molar-refractivity contribution in [3.8, 4) is 11.5 Å². The Labute approximate surface area is 178 Å². The van der Waals surface area contributed by atoms with Gasteiger partial charge in [-0.3, -0.25) is 9.59 Å². The second-order valence-electron chi connectivity index (χ2n) is 7.14. The molecule has 0 saturated carbocycles. The zero-order valence-corrected chi connectivity index (χ0v) is 17.3. The van der Waals surface area contributed by atoms with Gasteiger partial charge in [0.2, 0.25) is 0 Å². The molecular formula is C23H22N2O6. The smallest absolute Gasteiger partial charge is 0.349 e. The Morgan fingerprint density at radius 2 is 1.48 bits per heavy atom. The van der Waals surface area contributed by atoms with E-state index in [2.05, 4.69) is 0 Å². The summed E-state index contributed by atoms with van der Waals surface area (Å²) in [5.41, 5.74) is 0.201. The number of benzene rings is 2. The number of hydrogen-bond donors (Lipinski definition) is 0. The number of fused-ring (bicyclic) bond motifs is 1. The lowest BCUT2D eigenvalue weighted by molar-refractivity contribution is 0.0531. The van der Waals surface area contributed by atoms with E-state index < -0.39 is 11.5 Å². The minimum absolute atomic E-state index is 0.00435. The van der Waals surface area contributed by atoms with Crippen LogP contribution in [0.1, 0.15) is 20.7 Å². The fraction of sp³-hybridized carbons (Fsp3) is 0.261. The Balaban J connectivity index is 1.48. The highest BCUT2D eigenvalue weighted by molar-refractivity contribution is 5.98. The Morgan fingerprint density at radius 3 is 2.13 bits per heavy atom. The zero-order chi connectivity index (χ0) is 22.0. The Bertz CT molecular complexity index is 1190. The molecule has 1 saturated heterocycles. The Morgan fingerprint density at radius 1 is 0.839 bits per heavy atom. The largest absolute Gasteiger partial charge is 0.497 e. The summed E-state index contributed by atoms with van der Waals surface area (Å²) in [6, 6.07) is 13.6. The van der Waals surface area contributed by atoms with Gasteiger partial charge in [0.05, 0.1) is 19.8 Å². The number of hydrogen-bond acceptors (Lipinski definition) is 6. The first-order chi connectivity index (χ1) is 15.0. The minimum atomic E-state index is -0.662. The maximum absolute atomic E-state index is 13.0. The van der Waals surface area contributed by atoms with E-state index in [1.165, 1.54) is 7.11 Å². The number of methoxy groups -OCH3 is 2. The van der Waals surface area contributed by atoms with E-state index in [1.807, 2.05) is 6.07 Å². The van der Waals surface area contributed by atoms with Crippen LogP contribution in [0.15, 0.2) is 57.7 Å². The highest BCUT2D eigenvalue weighted by atomic mass is 16.5. The van der Waals surface area contributed by atoms with Crippen molar-refractivity contribution in [2.45, 2.75) is 0 Å². The van der Waals surface area contributed by atoms with Crippen molar-refractivity contribution in [2.75, 3.05) is 40.4 Å². The zero-order valence-electron chi connectivity index (χ0n) is 17.3. The summed E-state index contributed by atoms with van der Waals surface area (Å²) in [7, 11) is 3.04. The topological polar surface area (TPSA) is 89.3 Å². The van der Waals surface area contributed by atoms with Crippen LogP contribution in [0.25, 0.3) is 11.0 Å². The highest BCUT2D eigenvalue weighted by Gasteiger charge is 2.28. The fourth-order valence-electron chi connectivity index (χ4n) is 3.64. The molecule has 2 aromatic carbocycles. The van der Waals surface area contributed by atoms with Crippen LogP contribution in [0.3, 0.4) is 0 Å². The molecule has 1 aliphatic heterocycles. The second kappa shape index (κ2) is 8.51. The normalized spacial score (nSPS) is 13.9. The molecule has 160 valence electrons. The van der Waals surface area contributed by atoms with Gasteiger partial charge in [-0.25, -0.2) is 4.79 Å². The first-order valence-electron chi connectivity index (χ1n) is 9.85. The third kappa shape index (κ3) is 3.96. The number of carbonyl (C=O) groups excluding carboxylic acids is 2. The number of ether oxygens (including phenoxy) is 2. The first kappa shape index (κ1) is 20.5. The van der Waals surface area contributed by atoms with Gasteiger partial charge in [0.15, 0.2) is 0 Å². The van der Waals surface area contributed by atoms with Crippen LogP contribution in [0.2, 0.25) is 0 Å². The lowest BCUT2D eigenvalue weighted by Crippen LogP contribution is -2.51. The van der Waals surface area contributed by atoms with Gasteiger partial charge in [0, 0.05) is 37.6 Å². The molecule has 2 heterocycles. The molecule has 0 bridgehead atoms. The molecule has 3 aromatic rings. The van der Waals surface area contributed by atoms with E-state index in [9.17, 15) is 14.4 Å². The summed E-state index contributed by atoms with van der Waals surface area (Å²) < 4.78 is 15.8. The van der Waals surface area contributed by atoms with Gasteiger partial charge in [0.25, 0.3) is 11.8 Å². The summed E-state index contributed by atoms with van der Waals surface area (Å²) in [6.07, 6.45) is 0. The molecule has 0 aliphatic carbocycles. The first-order valence-corrected chi connectivity index (χ1v) is 9.85. The molecule has 1 aliphatic rings. The number of nitrogens with zero attached hydrogens (tertiary/aromatic N) is 2. The maximum atomic E-state index is 13.0. The molecule has 31 heavy (non-hydrogen) atoms. The highest BCUT2D eigenvalue weighted by Crippen LogP contribution is 2.26. The van der Waals surface area contributed by atoms with Gasteiger partial charge in [-0.2, -0.15) is 0 Å². The molecule has 0 radical (unpaired) electrons. The standard InChI is InChI=1S/C23H22N2O6/c1-29-16-7-8-17(20(14-16)30-2)21(26)24-9-11-25(12-10-24)22(27)18-13-15-5-3-4-6-19(15)31-23(18)28/h3-8,13-14H,9-12H2,1-2H3. The van der Waals surface area contributed by atoms with Crippen LogP contribution in [0.5, 0.6) is 11.5 Å². The van der Waals surface area contributed by atoms with Crippen LogP contribution in [-0.2, 0) is 0 Å². The third-order valence-electron chi connectivity index (χ3n) is 5.37. The predicted molar refractivity (Wildman–Crippen MR) is 114 cm³/mol. The summed E-state index contributed by atoms with van der Waals surface area (Å²) in [5.74, 6) is 0.445. The number of rotatable bonds is 4. The van der Waals surface area contributed by atoms with Crippen molar-refractivity contribution < 1.29 is 23.5 Å². The average Bonchev–Trinajstić information content (AvgIpc) is 2.82. The van der Waals surface area contributed by atoms with Gasteiger partial charge in [-0.05, 0) is 24.3 Å². The molecular weight excluding hydrogens is 400 g/mol. The summed E-state index contributed by atoms with van der Waals surface area (Å²) in [6.45, 7) is 1.32. The van der Waals surface area contributed by atoms with Gasteiger partial charge in [-0.15, -0.1) is 0 Å². The van der Waals surface area contributed by atoms with E-state index in [0.717, 1.165) is 0 Å². The lowest BCUT2D eigenvalue weighted by atomic mass is 10.1. The minimum Gasteiger partial charge on any atom is -0.497 e. The molecule has 1 fully saturated rings. The van der Waals surface area contributed by atoms with Crippen molar-refractivity contribution >= 4 is 22.8 Å². The molecule has 2 amide bonds. The number of piperazine rings is 1. The van der Waals surface area contributed by atoms with Crippen LogP contribution in [-0.4, -0.2) is 62.0 Å². The fourth-order valence-corrected chi connectivity index (χ4v) is 3.64. The van der Waals surface area contributed by atoms with E-state index in [-0.39, 0.29) is 11.5 Å². The summed E-state index contributed by atoms with van der Waals surface area (Å²) in [5, 5.41) is 0.686. The van der Waals surface area contributed by atoms with E-state index in [0.29, 0.717) is 54.2 Å². The van der Waals surface area contributed by atoms with Crippen LogP contribution >= 0.6 is 0 Å². The molecule has 4 rings (SSSR count). The quantitative estimate of drug-likeness (QED) is 0.600. The number of para-hydroxylation sites is 1. The number of carbonyl (C=O) groups is 2. The SMILES string of the molecule is COc1ccc(C(=O)N2CCN(C(=O)c3cc4ccccc4oc3=O)CC2)c(OC)c1. The van der Waals surface area contributed by atoms with Crippen molar-refractivity contribution in [1.29, 1.82) is 0 Å². The van der Waals surface area contributed by atoms with Crippen molar-refractivity contribution in [1.82, 2.24) is 9.80 Å². The third-order valence-corrected chi connectivity index (χ3v) is 5.37. The summed E-state index contributed by atoms with van der Waals surface area (Å²) in [4.78, 5) is 41.4. The van der Waals surface area contributed by atoms with Gasteiger partial charge in [0.1, 0.15) is 22.6 Å². The van der Waals surface area contributed by atoms with Crippen molar-refractivity contribution in [3.63, 3.8) is 0 Å².